The smallest absolute Gasteiger partial charge is 0.252 e. The number of benzene rings is 2. The molecular weight excluding hydrogens is 389 g/mol. The van der Waals surface area contributed by atoms with Crippen LogP contribution >= 0.6 is 0 Å². The zero-order valence-corrected chi connectivity index (χ0v) is 16.6. The largest absolute Gasteiger partial charge is 0.490 e. The fourth-order valence-electron chi connectivity index (χ4n) is 2.30. The first-order chi connectivity index (χ1) is 14.5. The first-order valence-corrected chi connectivity index (χ1v) is 9.17. The number of anilines is 1. The van der Waals surface area contributed by atoms with Crippen molar-refractivity contribution in [2.45, 2.75) is 13.8 Å². The van der Waals surface area contributed by atoms with Gasteiger partial charge in [0.25, 0.3) is 5.91 Å². The van der Waals surface area contributed by atoms with Crippen molar-refractivity contribution in [2.24, 2.45) is 11.0 Å². The highest BCUT2D eigenvalue weighted by molar-refractivity contribution is 6.06. The van der Waals surface area contributed by atoms with Crippen LogP contribution in [-0.4, -0.2) is 31.2 Å². The van der Waals surface area contributed by atoms with Crippen LogP contribution in [0.4, 0.5) is 10.1 Å². The molecule has 0 radical (unpaired) electrons. The average molecular weight is 411 g/mol. The number of nitrogens with one attached hydrogen (secondary N) is 2. The second-order valence-corrected chi connectivity index (χ2v) is 6.06. The quantitative estimate of drug-likeness (QED) is 0.287. The van der Waals surface area contributed by atoms with E-state index in [9.17, 15) is 14.0 Å². The summed E-state index contributed by atoms with van der Waals surface area (Å²) in [5.74, 6) is 0.400. The Bertz CT molecular complexity index is 969. The van der Waals surface area contributed by atoms with Crippen molar-refractivity contribution < 1.29 is 23.5 Å². The van der Waals surface area contributed by atoms with Gasteiger partial charge in [-0.2, -0.15) is 5.10 Å². The summed E-state index contributed by atoms with van der Waals surface area (Å²) >= 11 is 0. The maximum atomic E-state index is 13.6. The van der Waals surface area contributed by atoms with Gasteiger partial charge in [-0.3, -0.25) is 9.59 Å². The van der Waals surface area contributed by atoms with Crippen LogP contribution in [0.25, 0.3) is 0 Å². The highest BCUT2D eigenvalue weighted by Crippen LogP contribution is 2.28. The van der Waals surface area contributed by atoms with E-state index in [1.807, 2.05) is 6.92 Å². The highest BCUT2D eigenvalue weighted by atomic mass is 19.1. The molecule has 0 aliphatic heterocycles. The average Bonchev–Trinajstić information content (AvgIpc) is 2.74. The van der Waals surface area contributed by atoms with Crippen molar-refractivity contribution in [3.05, 3.63) is 53.8 Å². The van der Waals surface area contributed by atoms with Crippen LogP contribution in [0.2, 0.25) is 0 Å². The van der Waals surface area contributed by atoms with Crippen LogP contribution < -0.4 is 20.2 Å². The molecule has 156 valence electrons. The number of ether oxygens (including phenoxy) is 2. The third-order valence-electron chi connectivity index (χ3n) is 3.89. The Morgan fingerprint density at radius 3 is 2.67 bits per heavy atom. The molecule has 2 rings (SSSR count). The third-order valence-corrected chi connectivity index (χ3v) is 3.89. The first-order valence-electron chi connectivity index (χ1n) is 9.17. The molecule has 1 unspecified atom stereocenters. The Balaban J connectivity index is 1.97. The molecule has 30 heavy (non-hydrogen) atoms. The van der Waals surface area contributed by atoms with E-state index in [-0.39, 0.29) is 12.3 Å². The van der Waals surface area contributed by atoms with Gasteiger partial charge in [-0.25, -0.2) is 9.82 Å². The number of carbonyl (C=O) groups excluding carboxylic acids is 2. The maximum Gasteiger partial charge on any atom is 0.252 e. The first kappa shape index (κ1) is 22.4. The van der Waals surface area contributed by atoms with Crippen molar-refractivity contribution in [3.63, 3.8) is 0 Å². The molecule has 2 amide bonds. The summed E-state index contributed by atoms with van der Waals surface area (Å²) in [7, 11) is 0. The number of halogens is 1. The molecule has 8 heteroatoms. The van der Waals surface area contributed by atoms with Gasteiger partial charge >= 0.3 is 0 Å². The third kappa shape index (κ3) is 6.34. The Morgan fingerprint density at radius 2 is 1.97 bits per heavy atom. The van der Waals surface area contributed by atoms with E-state index in [0.29, 0.717) is 23.7 Å². The van der Waals surface area contributed by atoms with E-state index < -0.39 is 23.5 Å². The van der Waals surface area contributed by atoms with Gasteiger partial charge in [0, 0.05) is 0 Å². The van der Waals surface area contributed by atoms with E-state index in [4.69, 9.17) is 15.9 Å². The van der Waals surface area contributed by atoms with Crippen LogP contribution in [0.15, 0.2) is 47.6 Å². The monoisotopic (exact) mass is 411 g/mol. The van der Waals surface area contributed by atoms with E-state index >= 15 is 0 Å². The SMILES string of the molecule is C#CCOc1ccc(C=NNC(=O)C(C)C(=O)Nc2ccccc2F)cc1OCC. The Morgan fingerprint density at radius 1 is 1.20 bits per heavy atom. The predicted octanol–water partition coefficient (Wildman–Crippen LogP) is 2.96. The standard InChI is InChI=1S/C22H22FN3O4/c1-4-12-30-19-11-10-16(13-20(19)29-5-2)14-24-26-22(28)15(3)21(27)25-18-9-7-6-8-17(18)23/h1,6-11,13-15H,5,12H2,2-3H3,(H,25,27)(H,26,28). The highest BCUT2D eigenvalue weighted by Gasteiger charge is 2.22. The number of rotatable bonds is 9. The number of nitrogens with zero attached hydrogens (tertiary/aromatic N) is 1. The molecule has 0 aromatic heterocycles. The van der Waals surface area contributed by atoms with Crippen molar-refractivity contribution in [1.29, 1.82) is 0 Å². The number of terminal acetylenes is 1. The molecule has 2 aromatic carbocycles. The molecule has 2 N–H and O–H groups in total. The predicted molar refractivity (Wildman–Crippen MR) is 112 cm³/mol. The summed E-state index contributed by atoms with van der Waals surface area (Å²) in [4.78, 5) is 24.3. The van der Waals surface area contributed by atoms with Crippen LogP contribution in [0.5, 0.6) is 11.5 Å². The van der Waals surface area contributed by atoms with Gasteiger partial charge in [0.1, 0.15) is 18.3 Å². The molecule has 7 nitrogen and oxygen atoms in total. The van der Waals surface area contributed by atoms with Crippen LogP contribution in [0.1, 0.15) is 19.4 Å². The van der Waals surface area contributed by atoms with Gasteiger partial charge in [-0.05, 0) is 49.7 Å². The number of amides is 2. The van der Waals surface area contributed by atoms with E-state index in [1.165, 1.54) is 31.3 Å². The maximum absolute atomic E-state index is 13.6. The normalized spacial score (nSPS) is 11.4. The molecule has 0 heterocycles. The fourth-order valence-corrected chi connectivity index (χ4v) is 2.30. The molecule has 0 aliphatic carbocycles. The lowest BCUT2D eigenvalue weighted by Crippen LogP contribution is -2.34. The lowest BCUT2D eigenvalue weighted by atomic mass is 10.1. The lowest BCUT2D eigenvalue weighted by Gasteiger charge is -2.11. The summed E-state index contributed by atoms with van der Waals surface area (Å²) in [6.45, 7) is 3.76. The van der Waals surface area contributed by atoms with Crippen molar-refractivity contribution >= 4 is 23.7 Å². The topological polar surface area (TPSA) is 89.0 Å². The molecule has 1 atom stereocenters. The number of hydrogen-bond acceptors (Lipinski definition) is 5. The van der Waals surface area contributed by atoms with E-state index in [2.05, 4.69) is 21.8 Å². The number of carbonyl (C=O) groups is 2. The molecule has 0 fully saturated rings. The summed E-state index contributed by atoms with van der Waals surface area (Å²) < 4.78 is 24.5. The summed E-state index contributed by atoms with van der Waals surface area (Å²) in [6, 6.07) is 10.8. The second kappa shape index (κ2) is 11.2. The van der Waals surface area contributed by atoms with Gasteiger partial charge in [-0.15, -0.1) is 6.42 Å². The molecule has 0 aliphatic rings. The van der Waals surface area contributed by atoms with Crippen LogP contribution in [0.3, 0.4) is 0 Å². The van der Waals surface area contributed by atoms with Gasteiger partial charge in [-0.1, -0.05) is 18.1 Å². The lowest BCUT2D eigenvalue weighted by molar-refractivity contribution is -0.131. The zero-order valence-electron chi connectivity index (χ0n) is 16.6. The molecule has 0 saturated heterocycles. The van der Waals surface area contributed by atoms with Gasteiger partial charge in [0.15, 0.2) is 11.5 Å². The van der Waals surface area contributed by atoms with E-state index in [0.717, 1.165) is 0 Å². The Kier molecular flexibility index (Phi) is 8.39. The van der Waals surface area contributed by atoms with Gasteiger partial charge < -0.3 is 14.8 Å². The second-order valence-electron chi connectivity index (χ2n) is 6.06. The summed E-state index contributed by atoms with van der Waals surface area (Å²) in [5.41, 5.74) is 2.93. The Labute approximate surface area is 174 Å². The minimum atomic E-state index is -1.08. The van der Waals surface area contributed by atoms with Gasteiger partial charge in [0.2, 0.25) is 5.91 Å². The van der Waals surface area contributed by atoms with Gasteiger partial charge in [0.05, 0.1) is 18.5 Å². The minimum absolute atomic E-state index is 0.00116. The Hall–Kier alpha value is -3.86. The van der Waals surface area contributed by atoms with Crippen LogP contribution in [0, 0.1) is 24.1 Å². The summed E-state index contributed by atoms with van der Waals surface area (Å²) in [6.07, 6.45) is 6.59. The summed E-state index contributed by atoms with van der Waals surface area (Å²) in [5, 5.41) is 6.23. The number of para-hydroxylation sites is 1. The molecular formula is C22H22FN3O4. The molecule has 0 spiro atoms. The molecule has 0 bridgehead atoms. The molecule has 2 aromatic rings. The fraction of sp³-hybridized carbons (Fsp3) is 0.227. The van der Waals surface area contributed by atoms with Crippen LogP contribution in [-0.2, 0) is 9.59 Å². The zero-order chi connectivity index (χ0) is 21.9. The number of hydrazone groups is 1. The van der Waals surface area contributed by atoms with Crippen molar-refractivity contribution in [1.82, 2.24) is 5.43 Å². The van der Waals surface area contributed by atoms with Crippen molar-refractivity contribution in [2.75, 3.05) is 18.5 Å². The molecule has 0 saturated carbocycles. The number of hydrogen-bond donors (Lipinski definition) is 2. The minimum Gasteiger partial charge on any atom is -0.490 e. The van der Waals surface area contributed by atoms with E-state index in [1.54, 1.807) is 24.3 Å². The van der Waals surface area contributed by atoms with Crippen molar-refractivity contribution in [3.8, 4) is 23.8 Å².